The topological polar surface area (TPSA) is 32.3 Å². The average molecular weight is 264 g/mol. The average Bonchev–Trinajstić information content (AvgIpc) is 3.04. The maximum Gasteiger partial charge on any atom is 0.234 e. The van der Waals surface area contributed by atoms with Gasteiger partial charge in [-0.15, -0.1) is 17.9 Å². The van der Waals surface area contributed by atoms with Gasteiger partial charge in [-0.05, 0) is 30.2 Å². The number of carbonyl (C=O) groups is 1. The molecule has 1 N–H and O–H groups in total. The van der Waals surface area contributed by atoms with Crippen LogP contribution in [0.3, 0.4) is 0 Å². The molecule has 1 aromatic heterocycles. The van der Waals surface area contributed by atoms with Crippen LogP contribution in [0.2, 0.25) is 0 Å². The third-order valence-electron chi connectivity index (χ3n) is 3.00. The molecule has 1 aromatic rings. The van der Waals surface area contributed by atoms with Crippen LogP contribution in [-0.4, -0.2) is 30.4 Å². The monoisotopic (exact) mass is 264 g/mol. The first-order valence-corrected chi connectivity index (χ1v) is 7.28. The van der Waals surface area contributed by atoms with Crippen LogP contribution in [0, 0.1) is 5.92 Å². The number of rotatable bonds is 8. The Morgan fingerprint density at radius 3 is 3.06 bits per heavy atom. The highest BCUT2D eigenvalue weighted by Gasteiger charge is 2.21. The molecule has 1 fully saturated rings. The molecule has 3 nitrogen and oxygen atoms in total. The van der Waals surface area contributed by atoms with Crippen molar-refractivity contribution in [3.05, 3.63) is 35.0 Å². The largest absolute Gasteiger partial charge is 0.355 e. The normalized spacial score (nSPS) is 14.7. The second-order valence-corrected chi connectivity index (χ2v) is 5.82. The van der Waals surface area contributed by atoms with Crippen LogP contribution in [0.1, 0.15) is 17.7 Å². The second kappa shape index (κ2) is 6.71. The Morgan fingerprint density at radius 2 is 2.44 bits per heavy atom. The standard InChI is InChI=1S/C14H20N2OS/c1-2-7-16(10-13-4-3-8-18-13)11-14(17)15-9-12-5-6-12/h2-4,8,12H,1,5-7,9-11H2,(H,15,17). The zero-order chi connectivity index (χ0) is 12.8. The molecule has 98 valence electrons. The summed E-state index contributed by atoms with van der Waals surface area (Å²) in [6, 6.07) is 4.14. The van der Waals surface area contributed by atoms with Gasteiger partial charge in [-0.3, -0.25) is 9.69 Å². The Morgan fingerprint density at radius 1 is 1.61 bits per heavy atom. The fourth-order valence-electron chi connectivity index (χ4n) is 1.83. The molecule has 0 bridgehead atoms. The number of nitrogens with one attached hydrogen (secondary N) is 1. The van der Waals surface area contributed by atoms with Crippen molar-refractivity contribution in [2.24, 2.45) is 5.92 Å². The van der Waals surface area contributed by atoms with Crippen molar-refractivity contribution in [2.75, 3.05) is 19.6 Å². The van der Waals surface area contributed by atoms with E-state index < -0.39 is 0 Å². The maximum absolute atomic E-state index is 11.8. The molecular formula is C14H20N2OS. The molecule has 0 atom stereocenters. The van der Waals surface area contributed by atoms with Gasteiger partial charge in [0, 0.05) is 24.5 Å². The van der Waals surface area contributed by atoms with Gasteiger partial charge in [0.1, 0.15) is 0 Å². The van der Waals surface area contributed by atoms with E-state index in [1.807, 2.05) is 12.1 Å². The molecule has 1 heterocycles. The first-order valence-electron chi connectivity index (χ1n) is 6.40. The highest BCUT2D eigenvalue weighted by molar-refractivity contribution is 7.09. The second-order valence-electron chi connectivity index (χ2n) is 4.79. The Balaban J connectivity index is 1.76. The molecule has 18 heavy (non-hydrogen) atoms. The first-order chi connectivity index (χ1) is 8.78. The van der Waals surface area contributed by atoms with Gasteiger partial charge in [-0.25, -0.2) is 0 Å². The number of nitrogens with zero attached hydrogens (tertiary/aromatic N) is 1. The van der Waals surface area contributed by atoms with Gasteiger partial charge < -0.3 is 5.32 Å². The lowest BCUT2D eigenvalue weighted by Gasteiger charge is -2.19. The van der Waals surface area contributed by atoms with Crippen molar-refractivity contribution in [3.63, 3.8) is 0 Å². The van der Waals surface area contributed by atoms with Gasteiger partial charge in [0.25, 0.3) is 0 Å². The fraction of sp³-hybridized carbons (Fsp3) is 0.500. The van der Waals surface area contributed by atoms with Gasteiger partial charge in [0.15, 0.2) is 0 Å². The molecule has 0 unspecified atom stereocenters. The van der Waals surface area contributed by atoms with Crippen LogP contribution >= 0.6 is 11.3 Å². The summed E-state index contributed by atoms with van der Waals surface area (Å²) < 4.78 is 0. The van der Waals surface area contributed by atoms with Crippen LogP contribution < -0.4 is 5.32 Å². The summed E-state index contributed by atoms with van der Waals surface area (Å²) in [6.07, 6.45) is 4.39. The highest BCUT2D eigenvalue weighted by Crippen LogP contribution is 2.27. The molecule has 1 amide bonds. The summed E-state index contributed by atoms with van der Waals surface area (Å²) in [6.45, 7) is 6.62. The predicted molar refractivity (Wildman–Crippen MR) is 75.5 cm³/mol. The minimum absolute atomic E-state index is 0.125. The zero-order valence-electron chi connectivity index (χ0n) is 10.6. The van der Waals surface area contributed by atoms with Crippen molar-refractivity contribution in [3.8, 4) is 0 Å². The number of thiophene rings is 1. The van der Waals surface area contributed by atoms with Crippen LogP contribution in [0.15, 0.2) is 30.2 Å². The van der Waals surface area contributed by atoms with E-state index in [1.54, 1.807) is 11.3 Å². The maximum atomic E-state index is 11.8. The van der Waals surface area contributed by atoms with E-state index >= 15 is 0 Å². The lowest BCUT2D eigenvalue weighted by atomic mass is 10.3. The SMILES string of the molecule is C=CCN(CC(=O)NCC1CC1)Cc1cccs1. The first kappa shape index (κ1) is 13.3. The number of amides is 1. The van der Waals surface area contributed by atoms with E-state index in [0.29, 0.717) is 6.54 Å². The van der Waals surface area contributed by atoms with Crippen LogP contribution in [-0.2, 0) is 11.3 Å². The molecule has 0 radical (unpaired) electrons. The summed E-state index contributed by atoms with van der Waals surface area (Å²) in [5.41, 5.74) is 0. The quantitative estimate of drug-likeness (QED) is 0.731. The Hall–Kier alpha value is -1.13. The van der Waals surface area contributed by atoms with Crippen LogP contribution in [0.25, 0.3) is 0 Å². The minimum Gasteiger partial charge on any atom is -0.355 e. The Kier molecular flexibility index (Phi) is 4.96. The van der Waals surface area contributed by atoms with Gasteiger partial charge in [-0.2, -0.15) is 0 Å². The van der Waals surface area contributed by atoms with E-state index in [2.05, 4.69) is 28.2 Å². The van der Waals surface area contributed by atoms with Gasteiger partial charge in [0.05, 0.1) is 6.54 Å². The molecule has 4 heteroatoms. The molecule has 1 aliphatic carbocycles. The van der Waals surface area contributed by atoms with Crippen molar-refractivity contribution in [1.82, 2.24) is 10.2 Å². The van der Waals surface area contributed by atoms with Crippen molar-refractivity contribution in [1.29, 1.82) is 0 Å². The van der Waals surface area contributed by atoms with E-state index in [0.717, 1.165) is 25.6 Å². The third-order valence-corrected chi connectivity index (χ3v) is 3.86. The van der Waals surface area contributed by atoms with Crippen molar-refractivity contribution in [2.45, 2.75) is 19.4 Å². The summed E-state index contributed by atoms with van der Waals surface area (Å²) in [5.74, 6) is 0.861. The van der Waals surface area contributed by atoms with Crippen molar-refractivity contribution < 1.29 is 4.79 Å². The molecule has 1 saturated carbocycles. The number of hydrogen-bond acceptors (Lipinski definition) is 3. The molecule has 0 aliphatic heterocycles. The molecule has 0 saturated heterocycles. The third kappa shape index (κ3) is 4.63. The number of carbonyl (C=O) groups excluding carboxylic acids is 1. The summed E-state index contributed by atoms with van der Waals surface area (Å²) in [5, 5.41) is 5.07. The van der Waals surface area contributed by atoms with Crippen molar-refractivity contribution >= 4 is 17.2 Å². The molecule has 0 aromatic carbocycles. The van der Waals surface area contributed by atoms with Crippen LogP contribution in [0.5, 0.6) is 0 Å². The Labute approximate surface area is 112 Å². The van der Waals surface area contributed by atoms with Crippen LogP contribution in [0.4, 0.5) is 0 Å². The lowest BCUT2D eigenvalue weighted by Crippen LogP contribution is -2.37. The molecule has 2 rings (SSSR count). The van der Waals surface area contributed by atoms with E-state index in [1.165, 1.54) is 17.7 Å². The van der Waals surface area contributed by atoms with E-state index in [4.69, 9.17) is 0 Å². The summed E-state index contributed by atoms with van der Waals surface area (Å²) in [4.78, 5) is 15.2. The fourth-order valence-corrected chi connectivity index (χ4v) is 2.58. The zero-order valence-corrected chi connectivity index (χ0v) is 11.4. The molecular weight excluding hydrogens is 244 g/mol. The van der Waals surface area contributed by atoms with E-state index in [9.17, 15) is 4.79 Å². The van der Waals surface area contributed by atoms with Gasteiger partial charge in [0.2, 0.25) is 5.91 Å². The summed E-state index contributed by atoms with van der Waals surface area (Å²) in [7, 11) is 0. The molecule has 0 spiro atoms. The van der Waals surface area contributed by atoms with Gasteiger partial charge in [-0.1, -0.05) is 12.1 Å². The number of hydrogen-bond donors (Lipinski definition) is 1. The smallest absolute Gasteiger partial charge is 0.234 e. The van der Waals surface area contributed by atoms with Gasteiger partial charge >= 0.3 is 0 Å². The molecule has 1 aliphatic rings. The summed E-state index contributed by atoms with van der Waals surface area (Å²) >= 11 is 1.72. The Bertz CT molecular complexity index is 385. The van der Waals surface area contributed by atoms with E-state index in [-0.39, 0.29) is 5.91 Å². The predicted octanol–water partition coefficient (Wildman–Crippen LogP) is 2.26. The highest BCUT2D eigenvalue weighted by atomic mass is 32.1. The lowest BCUT2D eigenvalue weighted by molar-refractivity contribution is -0.122. The minimum atomic E-state index is 0.125.